The van der Waals surface area contributed by atoms with Crippen LogP contribution in [0.1, 0.15) is 17.5 Å². The number of amides is 1. The van der Waals surface area contributed by atoms with Crippen LogP contribution in [-0.2, 0) is 17.9 Å². The Labute approximate surface area is 166 Å². The number of hydrogen-bond donors (Lipinski definition) is 2. The summed E-state index contributed by atoms with van der Waals surface area (Å²) in [6, 6.07) is 13.3. The number of H-pyrrole nitrogens is 1. The molecule has 0 saturated carbocycles. The maximum Gasteiger partial charge on any atom is 0.277 e. The highest BCUT2D eigenvalue weighted by Crippen LogP contribution is 2.22. The highest BCUT2D eigenvalue weighted by atomic mass is 35.5. The quantitative estimate of drug-likeness (QED) is 0.543. The molecule has 6 nitrogen and oxygen atoms in total. The minimum Gasteiger partial charge on any atom is -0.352 e. The molecule has 142 valence electrons. The Morgan fingerprint density at radius 3 is 2.89 bits per heavy atom. The van der Waals surface area contributed by atoms with Crippen molar-refractivity contribution in [3.05, 3.63) is 75.3 Å². The number of rotatable bonds is 5. The third kappa shape index (κ3) is 3.51. The molecule has 0 spiro atoms. The van der Waals surface area contributed by atoms with Crippen LogP contribution in [0.2, 0.25) is 5.02 Å². The van der Waals surface area contributed by atoms with Crippen LogP contribution in [0.4, 0.5) is 0 Å². The number of aromatic amines is 1. The SMILES string of the molecule is Cc1ccc2[nH]c3c(=O)n(CCC(=O)NCc4ccccc4Cl)cnc3c2c1. The van der Waals surface area contributed by atoms with E-state index in [9.17, 15) is 9.59 Å². The third-order valence-corrected chi connectivity index (χ3v) is 5.11. The largest absolute Gasteiger partial charge is 0.352 e. The van der Waals surface area contributed by atoms with E-state index in [1.807, 2.05) is 43.3 Å². The van der Waals surface area contributed by atoms with Gasteiger partial charge >= 0.3 is 0 Å². The number of fused-ring (bicyclic) bond motifs is 3. The van der Waals surface area contributed by atoms with Gasteiger partial charge < -0.3 is 10.3 Å². The molecule has 0 bridgehead atoms. The molecule has 0 radical (unpaired) electrons. The average molecular weight is 395 g/mol. The Morgan fingerprint density at radius 1 is 1.25 bits per heavy atom. The van der Waals surface area contributed by atoms with Crippen molar-refractivity contribution in [3.63, 3.8) is 0 Å². The zero-order chi connectivity index (χ0) is 19.7. The maximum absolute atomic E-state index is 12.8. The number of benzene rings is 2. The molecule has 2 aromatic heterocycles. The van der Waals surface area contributed by atoms with Gasteiger partial charge in [0.2, 0.25) is 5.91 Å². The number of nitrogens with one attached hydrogen (secondary N) is 2. The van der Waals surface area contributed by atoms with Crippen molar-refractivity contribution >= 4 is 39.4 Å². The van der Waals surface area contributed by atoms with Gasteiger partial charge in [-0.2, -0.15) is 0 Å². The number of hydrogen-bond acceptors (Lipinski definition) is 3. The van der Waals surface area contributed by atoms with E-state index >= 15 is 0 Å². The molecule has 0 aliphatic carbocycles. The van der Waals surface area contributed by atoms with Crippen molar-refractivity contribution in [1.29, 1.82) is 0 Å². The topological polar surface area (TPSA) is 79.8 Å². The highest BCUT2D eigenvalue weighted by Gasteiger charge is 2.12. The van der Waals surface area contributed by atoms with E-state index < -0.39 is 0 Å². The number of carbonyl (C=O) groups excluding carboxylic acids is 1. The molecule has 2 aromatic carbocycles. The summed E-state index contributed by atoms with van der Waals surface area (Å²) in [6.07, 6.45) is 1.68. The van der Waals surface area contributed by atoms with Crippen molar-refractivity contribution in [2.75, 3.05) is 0 Å². The van der Waals surface area contributed by atoms with E-state index in [2.05, 4.69) is 15.3 Å². The van der Waals surface area contributed by atoms with Gasteiger partial charge in [0.1, 0.15) is 11.0 Å². The maximum atomic E-state index is 12.8. The van der Waals surface area contributed by atoms with Crippen LogP contribution in [-0.4, -0.2) is 20.4 Å². The Morgan fingerprint density at radius 2 is 2.07 bits per heavy atom. The molecule has 2 heterocycles. The number of carbonyl (C=O) groups is 1. The summed E-state index contributed by atoms with van der Waals surface area (Å²) < 4.78 is 1.46. The lowest BCUT2D eigenvalue weighted by Crippen LogP contribution is -2.27. The normalized spacial score (nSPS) is 11.2. The summed E-state index contributed by atoms with van der Waals surface area (Å²) >= 11 is 6.09. The molecule has 7 heteroatoms. The van der Waals surface area contributed by atoms with Crippen LogP contribution in [0.25, 0.3) is 21.9 Å². The summed E-state index contributed by atoms with van der Waals surface area (Å²) in [5, 5.41) is 4.37. The van der Waals surface area contributed by atoms with Gasteiger partial charge in [-0.05, 0) is 30.7 Å². The molecular formula is C21H19ClN4O2. The second-order valence-corrected chi connectivity index (χ2v) is 7.17. The average Bonchev–Trinajstić information content (AvgIpc) is 3.05. The number of aromatic nitrogens is 3. The minimum atomic E-state index is -0.183. The first-order chi connectivity index (χ1) is 13.5. The fourth-order valence-corrected chi connectivity index (χ4v) is 3.41. The molecule has 0 saturated heterocycles. The van der Waals surface area contributed by atoms with Crippen molar-refractivity contribution in [1.82, 2.24) is 19.9 Å². The van der Waals surface area contributed by atoms with Crippen LogP contribution >= 0.6 is 11.6 Å². The highest BCUT2D eigenvalue weighted by molar-refractivity contribution is 6.31. The monoisotopic (exact) mass is 394 g/mol. The third-order valence-electron chi connectivity index (χ3n) is 4.74. The van der Waals surface area contributed by atoms with Crippen LogP contribution in [0.3, 0.4) is 0 Å². The molecule has 28 heavy (non-hydrogen) atoms. The smallest absolute Gasteiger partial charge is 0.277 e. The number of aryl methyl sites for hydroxylation is 2. The van der Waals surface area contributed by atoms with Crippen molar-refractivity contribution in [2.24, 2.45) is 0 Å². The van der Waals surface area contributed by atoms with Gasteiger partial charge in [0.05, 0.1) is 6.33 Å². The van der Waals surface area contributed by atoms with Gasteiger partial charge in [-0.3, -0.25) is 14.2 Å². The van der Waals surface area contributed by atoms with Crippen LogP contribution in [0.5, 0.6) is 0 Å². The Bertz CT molecular complexity index is 1240. The zero-order valence-electron chi connectivity index (χ0n) is 15.3. The Hall–Kier alpha value is -3.12. The van der Waals surface area contributed by atoms with Gasteiger partial charge in [0, 0.05) is 35.4 Å². The lowest BCUT2D eigenvalue weighted by Gasteiger charge is -2.08. The van der Waals surface area contributed by atoms with Gasteiger partial charge in [-0.15, -0.1) is 0 Å². The molecule has 0 unspecified atom stereocenters. The first kappa shape index (κ1) is 18.3. The van der Waals surface area contributed by atoms with E-state index in [1.165, 1.54) is 10.9 Å². The summed E-state index contributed by atoms with van der Waals surface area (Å²) in [5.74, 6) is -0.154. The Balaban J connectivity index is 1.48. The Kier molecular flexibility index (Phi) is 4.88. The fourth-order valence-electron chi connectivity index (χ4n) is 3.21. The molecule has 0 aliphatic heterocycles. The molecule has 1 amide bonds. The lowest BCUT2D eigenvalue weighted by molar-refractivity contribution is -0.121. The molecule has 0 fully saturated rings. The van der Waals surface area contributed by atoms with E-state index in [-0.39, 0.29) is 24.4 Å². The summed E-state index contributed by atoms with van der Waals surface area (Å²) in [5.41, 5.74) is 3.77. The fraction of sp³-hybridized carbons (Fsp3) is 0.190. The molecule has 4 rings (SSSR count). The molecular weight excluding hydrogens is 376 g/mol. The van der Waals surface area contributed by atoms with Crippen LogP contribution in [0.15, 0.2) is 53.6 Å². The number of halogens is 1. The number of nitrogens with zero attached hydrogens (tertiary/aromatic N) is 2. The van der Waals surface area contributed by atoms with Crippen LogP contribution in [0, 0.1) is 6.92 Å². The van der Waals surface area contributed by atoms with Crippen molar-refractivity contribution in [3.8, 4) is 0 Å². The predicted octanol–water partition coefficient (Wildman–Crippen LogP) is 3.55. The van der Waals surface area contributed by atoms with Crippen molar-refractivity contribution in [2.45, 2.75) is 26.4 Å². The first-order valence-electron chi connectivity index (χ1n) is 9.00. The van der Waals surface area contributed by atoms with E-state index in [0.717, 1.165) is 22.0 Å². The van der Waals surface area contributed by atoms with E-state index in [4.69, 9.17) is 11.6 Å². The van der Waals surface area contributed by atoms with Gasteiger partial charge in [0.25, 0.3) is 5.56 Å². The van der Waals surface area contributed by atoms with E-state index in [0.29, 0.717) is 22.6 Å². The van der Waals surface area contributed by atoms with Gasteiger partial charge in [-0.1, -0.05) is 41.4 Å². The molecule has 0 atom stereocenters. The molecule has 0 aliphatic rings. The second kappa shape index (κ2) is 7.48. The van der Waals surface area contributed by atoms with Gasteiger partial charge in [0.15, 0.2) is 0 Å². The summed E-state index contributed by atoms with van der Waals surface area (Å²) in [6.45, 7) is 2.61. The summed E-state index contributed by atoms with van der Waals surface area (Å²) in [7, 11) is 0. The standard InChI is InChI=1S/C21H19ClN4O2/c1-13-6-7-17-15(10-13)19-20(25-17)21(28)26(12-24-19)9-8-18(27)23-11-14-4-2-3-5-16(14)22/h2-7,10,12,25H,8-9,11H2,1H3,(H,23,27). The second-order valence-electron chi connectivity index (χ2n) is 6.76. The van der Waals surface area contributed by atoms with Gasteiger partial charge in [-0.25, -0.2) is 4.98 Å². The minimum absolute atomic E-state index is 0.154. The zero-order valence-corrected chi connectivity index (χ0v) is 16.1. The van der Waals surface area contributed by atoms with Crippen LogP contribution < -0.4 is 10.9 Å². The summed E-state index contributed by atoms with van der Waals surface area (Å²) in [4.78, 5) is 32.5. The van der Waals surface area contributed by atoms with E-state index in [1.54, 1.807) is 6.07 Å². The lowest BCUT2D eigenvalue weighted by atomic mass is 10.2. The predicted molar refractivity (Wildman–Crippen MR) is 111 cm³/mol. The van der Waals surface area contributed by atoms with Crippen molar-refractivity contribution < 1.29 is 4.79 Å². The first-order valence-corrected chi connectivity index (χ1v) is 9.38. The molecule has 2 N–H and O–H groups in total. The molecule has 4 aromatic rings.